The fourth-order valence-electron chi connectivity index (χ4n) is 19.2. The van der Waals surface area contributed by atoms with Crippen molar-refractivity contribution in [2.75, 3.05) is 138 Å². The normalized spacial score (nSPS) is 23.4. The Bertz CT molecular complexity index is 3840. The van der Waals surface area contributed by atoms with E-state index in [1.165, 1.54) is 19.1 Å². The summed E-state index contributed by atoms with van der Waals surface area (Å²) < 4.78 is 11.4. The molecule has 0 aromatic heterocycles. The number of aliphatic hydroxyl groups excluding tert-OH is 2. The van der Waals surface area contributed by atoms with Crippen LogP contribution in [-0.4, -0.2) is 318 Å². The first kappa shape index (κ1) is 103. The Kier molecular flexibility index (Phi) is 42.6. The number of carboxylic acids is 4. The number of aliphatic hydroxyl groups is 2. The highest BCUT2D eigenvalue weighted by molar-refractivity contribution is 5.95. The molecule has 37 nitrogen and oxygen atoms in total. The number of aromatic hydroxyl groups is 1. The average Bonchev–Trinajstić information content (AvgIpc) is 1.64. The summed E-state index contributed by atoms with van der Waals surface area (Å²) in [5.74, 6) is -8.50. The zero-order valence-electron chi connectivity index (χ0n) is 73.5. The van der Waals surface area contributed by atoms with Crippen LogP contribution in [0.25, 0.3) is 0 Å². The van der Waals surface area contributed by atoms with E-state index >= 15 is 0 Å². The number of phenolic OH excluding ortho intramolecular Hbond substituents is 1. The molecule has 7 rings (SSSR count). The molecule has 1 saturated heterocycles. The van der Waals surface area contributed by atoms with Crippen LogP contribution in [0.3, 0.4) is 0 Å². The van der Waals surface area contributed by atoms with E-state index in [0.717, 1.165) is 51.4 Å². The predicted octanol–water partition coefficient (Wildman–Crippen LogP) is 0.589. The first-order valence-electron chi connectivity index (χ1n) is 44.4. The van der Waals surface area contributed by atoms with Gasteiger partial charge in [-0.3, -0.25) is 81.9 Å². The molecule has 37 heteroatoms. The van der Waals surface area contributed by atoms with E-state index in [-0.39, 0.29) is 216 Å². The monoisotopic (exact) mass is 1760 g/mol. The van der Waals surface area contributed by atoms with Gasteiger partial charge in [0, 0.05) is 98.2 Å². The quantitative estimate of drug-likeness (QED) is 0.0403. The number of benzene rings is 2. The van der Waals surface area contributed by atoms with E-state index in [4.69, 9.17) is 9.47 Å². The van der Waals surface area contributed by atoms with Crippen LogP contribution in [0.15, 0.2) is 54.6 Å². The van der Waals surface area contributed by atoms with E-state index in [1.807, 2.05) is 13.8 Å². The molecule has 4 aliphatic carbocycles. The highest BCUT2D eigenvalue weighted by Crippen LogP contribution is 2.68. The summed E-state index contributed by atoms with van der Waals surface area (Å²) in [5.41, 5.74) is 1.18. The van der Waals surface area contributed by atoms with Crippen molar-refractivity contribution >= 4 is 82.9 Å². The number of aliphatic carboxylic acids is 4. The molecule has 0 spiro atoms. The summed E-state index contributed by atoms with van der Waals surface area (Å²) in [4.78, 5) is 189. The van der Waals surface area contributed by atoms with Crippen molar-refractivity contribution in [1.82, 2.24) is 72.8 Å². The Balaban J connectivity index is 0.898. The highest BCUT2D eigenvalue weighted by Gasteiger charge is 2.64. The number of phenols is 1. The van der Waals surface area contributed by atoms with Crippen molar-refractivity contribution in [2.45, 2.75) is 206 Å². The molecular weight excluding hydrogens is 1620 g/mol. The third-order valence-corrected chi connectivity index (χ3v) is 25.8. The van der Waals surface area contributed by atoms with E-state index in [9.17, 15) is 103 Å². The third-order valence-electron chi connectivity index (χ3n) is 25.8. The molecular formula is C88H138N14O23. The second-order valence-corrected chi connectivity index (χ2v) is 35.5. The third kappa shape index (κ3) is 34.7. The number of rotatable bonds is 50. The van der Waals surface area contributed by atoms with Gasteiger partial charge in [-0.2, -0.15) is 0 Å². The Hall–Kier alpha value is -9.50. The summed E-state index contributed by atoms with van der Waals surface area (Å²) in [6.07, 6.45) is 9.08. The molecule has 2 aromatic rings. The van der Waals surface area contributed by atoms with E-state index in [0.29, 0.717) is 53.6 Å². The van der Waals surface area contributed by atoms with Gasteiger partial charge in [-0.1, -0.05) is 77.1 Å². The van der Waals surface area contributed by atoms with Crippen molar-refractivity contribution in [3.05, 3.63) is 65.7 Å². The van der Waals surface area contributed by atoms with Gasteiger partial charge >= 0.3 is 23.9 Å². The largest absolute Gasteiger partial charge is 0.508 e. The number of nitrogens with one attached hydrogen (secondary N) is 10. The molecule has 5 aliphatic rings. The maximum absolute atomic E-state index is 14.2. The van der Waals surface area contributed by atoms with Gasteiger partial charge in [-0.05, 0) is 178 Å². The first-order chi connectivity index (χ1) is 59.5. The summed E-state index contributed by atoms with van der Waals surface area (Å²) in [7, 11) is 0. The van der Waals surface area contributed by atoms with Crippen LogP contribution in [0.5, 0.6) is 5.75 Å². The SMILES string of the molecule is CC(=O)NC(Cc1ccc(O)cc1)C(=O)NCC(=O)NCC(=O)N[C@@H](Cc1ccccc1)C(=O)N[C@@H](CC(C)C)C(=O)NCCCCC(NC(=O)COCCOCCNC(=O)CCC(C)C1CCC2C3CCC4C[C@@H](O)CC[C@]4(C)C3C[C@@H](O)[C@]12C)C(=O)N[C@@H](CCCCNC(=O)CN1CCN(CC(=O)O)CCN(CC(=O)O)CCN(CC(=O)O)CC1)C(=O)O. The van der Waals surface area contributed by atoms with Crippen molar-refractivity contribution < 1.29 is 112 Å². The Morgan fingerprint density at radius 1 is 0.472 bits per heavy atom. The summed E-state index contributed by atoms with van der Waals surface area (Å²) >= 11 is 0. The van der Waals surface area contributed by atoms with Crippen LogP contribution in [-0.2, 0) is 89.4 Å². The van der Waals surface area contributed by atoms with Gasteiger partial charge in [0.05, 0.1) is 71.3 Å². The van der Waals surface area contributed by atoms with Gasteiger partial charge < -0.3 is 98.4 Å². The molecule has 1 aliphatic heterocycles. The first-order valence-corrected chi connectivity index (χ1v) is 44.4. The summed E-state index contributed by atoms with van der Waals surface area (Å²) in [5, 5.41) is 98.0. The number of carboxylic acid groups (broad SMARTS) is 4. The summed E-state index contributed by atoms with van der Waals surface area (Å²) in [6.45, 7) is 11.0. The second-order valence-electron chi connectivity index (χ2n) is 35.5. The van der Waals surface area contributed by atoms with E-state index < -0.39 is 133 Å². The fraction of sp³-hybridized carbons (Fsp3) is 0.705. The van der Waals surface area contributed by atoms with Crippen molar-refractivity contribution in [3.63, 3.8) is 0 Å². The molecule has 0 bridgehead atoms. The van der Waals surface area contributed by atoms with Gasteiger partial charge in [0.1, 0.15) is 42.6 Å². The lowest BCUT2D eigenvalue weighted by atomic mass is 9.43. The minimum absolute atomic E-state index is 0.00324. The standard InChI is InChI=1S/C88H138N14O23/c1-56(2)44-70(98-85(121)72(45-59-14-8-7-9-15-59)96-76(109)50-92-75(108)49-93-83(119)71(94-58(4)103)46-60-19-22-62(104)23-20-60)82(118)91-31-13-10-16-68(84(120)97-69(86(122)123)17-11-12-30-89-77(110)51-99-33-35-100(52-79(112)113)37-39-102(54-81(116)117)40-38-101(36-34-99)53-80(114)115)95-78(111)55-125-43-42-124-41-32-90-74(107)27-18-57(3)65-25-26-66-64-24-21-61-47-63(105)28-29-87(61,5)67(64)48-73(106)88(65,66)6/h7-9,14-15,19-20,22-23,56-57,61,63-73,104-106H,10-13,16-18,21,24-55H2,1-6H3,(H,89,110)(H,90,107)(H,91,118)(H,92,108)(H,93,119)(H,94,103)(H,95,111)(H,96,109)(H,97,120)(H,98,121)(H,112,113)(H,114,115)(H,116,117)(H,122,123)/t57?,61?,63-,64?,65?,66?,67?,68?,69-,70-,71?,72-,73+,87-,88+/m0/s1. The van der Waals surface area contributed by atoms with Crippen LogP contribution in [0.2, 0.25) is 0 Å². The maximum Gasteiger partial charge on any atom is 0.326 e. The van der Waals surface area contributed by atoms with Crippen LogP contribution in [0.4, 0.5) is 0 Å². The summed E-state index contributed by atoms with van der Waals surface area (Å²) in [6, 6.07) is 8.46. The van der Waals surface area contributed by atoms with Crippen molar-refractivity contribution in [2.24, 2.45) is 52.3 Å². The lowest BCUT2D eigenvalue weighted by Crippen LogP contribution is -2.58. The molecule has 8 unspecified atom stereocenters. The Morgan fingerprint density at radius 3 is 1.59 bits per heavy atom. The van der Waals surface area contributed by atoms with Crippen LogP contribution >= 0.6 is 0 Å². The van der Waals surface area contributed by atoms with Crippen molar-refractivity contribution in [1.29, 1.82) is 0 Å². The fourth-order valence-corrected chi connectivity index (χ4v) is 19.2. The Labute approximate surface area is 732 Å². The number of ether oxygens (including phenoxy) is 2. The van der Waals surface area contributed by atoms with E-state index in [1.54, 1.807) is 62.1 Å². The average molecular weight is 1760 g/mol. The Morgan fingerprint density at radius 2 is 1.00 bits per heavy atom. The molecule has 0 radical (unpaired) electrons. The van der Waals surface area contributed by atoms with Gasteiger partial charge in [0.2, 0.25) is 59.1 Å². The molecule has 4 saturated carbocycles. The zero-order valence-corrected chi connectivity index (χ0v) is 73.5. The smallest absolute Gasteiger partial charge is 0.326 e. The number of unbranched alkanes of at least 4 members (excludes halogenated alkanes) is 2. The number of carbonyl (C=O) groups excluding carboxylic acids is 10. The molecule has 15 atom stereocenters. The number of fused-ring (bicyclic) bond motifs is 5. The topological polar surface area (TPSA) is 532 Å². The lowest BCUT2D eigenvalue weighted by Gasteiger charge is -2.62. The van der Waals surface area contributed by atoms with Gasteiger partial charge in [0.15, 0.2) is 0 Å². The maximum atomic E-state index is 14.2. The minimum atomic E-state index is -1.46. The van der Waals surface area contributed by atoms with Crippen LogP contribution in [0.1, 0.15) is 162 Å². The predicted molar refractivity (Wildman–Crippen MR) is 458 cm³/mol. The minimum Gasteiger partial charge on any atom is -0.508 e. The zero-order chi connectivity index (χ0) is 91.3. The molecule has 698 valence electrons. The molecule has 5 fully saturated rings. The molecule has 125 heavy (non-hydrogen) atoms. The molecule has 1 heterocycles. The number of hydrogen-bond acceptors (Lipinski definition) is 23. The second kappa shape index (κ2) is 52.0. The molecule has 2 aromatic carbocycles. The van der Waals surface area contributed by atoms with Gasteiger partial charge in [-0.15, -0.1) is 0 Å². The number of hydrogen-bond donors (Lipinski definition) is 17. The number of carbonyl (C=O) groups is 14. The van der Waals surface area contributed by atoms with Crippen LogP contribution in [0, 0.1) is 52.3 Å². The number of amides is 10. The molecule has 17 N–H and O–H groups in total. The van der Waals surface area contributed by atoms with E-state index in [2.05, 4.69) is 73.9 Å². The van der Waals surface area contributed by atoms with Crippen molar-refractivity contribution in [3.8, 4) is 5.75 Å². The van der Waals surface area contributed by atoms with Crippen LogP contribution < -0.4 is 53.2 Å². The number of nitrogens with zero attached hydrogens (tertiary/aromatic N) is 4. The lowest BCUT2D eigenvalue weighted by molar-refractivity contribution is -0.175. The van der Waals surface area contributed by atoms with Gasteiger partial charge in [0.25, 0.3) is 0 Å². The highest BCUT2D eigenvalue weighted by atomic mass is 16.5. The van der Waals surface area contributed by atoms with Gasteiger partial charge in [-0.25, -0.2) is 4.79 Å². The molecule has 10 amide bonds.